The van der Waals surface area contributed by atoms with Gasteiger partial charge in [0.05, 0.1) is 11.1 Å². The molecule has 0 radical (unpaired) electrons. The van der Waals surface area contributed by atoms with Crippen molar-refractivity contribution in [2.75, 3.05) is 4.90 Å². The summed E-state index contributed by atoms with van der Waals surface area (Å²) >= 11 is 1.85. The smallest absolute Gasteiger partial charge is 0.137 e. The Morgan fingerprint density at radius 3 is 2.00 bits per heavy atom. The molecule has 0 bridgehead atoms. The van der Waals surface area contributed by atoms with Crippen molar-refractivity contribution < 1.29 is 4.42 Å². The Kier molecular flexibility index (Phi) is 6.39. The summed E-state index contributed by atoms with van der Waals surface area (Å²) in [5.41, 5.74) is 9.91. The molecule has 0 spiro atoms. The topological polar surface area (TPSA) is 16.4 Å². The Morgan fingerprint density at radius 1 is 0.408 bits per heavy atom. The SMILES string of the molecule is c1cc(-c2ccc(N(c3ccc4c(c3)sc3ccccc34)c3cccc4oc5ccccc5c34)cc2)cc(-c2cccc3ccccc23)c1. The second-order valence-corrected chi connectivity index (χ2v) is 13.6. The Bertz CT molecular complexity index is 2840. The van der Waals surface area contributed by atoms with Crippen molar-refractivity contribution in [1.29, 1.82) is 0 Å². The highest BCUT2D eigenvalue weighted by Gasteiger charge is 2.20. The lowest BCUT2D eigenvalue weighted by atomic mass is 9.95. The van der Waals surface area contributed by atoms with Gasteiger partial charge in [-0.2, -0.15) is 0 Å². The van der Waals surface area contributed by atoms with E-state index >= 15 is 0 Å². The highest BCUT2D eigenvalue weighted by atomic mass is 32.1. The minimum Gasteiger partial charge on any atom is -0.456 e. The van der Waals surface area contributed by atoms with E-state index in [1.54, 1.807) is 0 Å². The molecule has 230 valence electrons. The van der Waals surface area contributed by atoms with Gasteiger partial charge in [0, 0.05) is 36.9 Å². The van der Waals surface area contributed by atoms with Crippen molar-refractivity contribution in [2.45, 2.75) is 0 Å². The summed E-state index contributed by atoms with van der Waals surface area (Å²) in [5.74, 6) is 0. The number of hydrogen-bond donors (Lipinski definition) is 0. The number of benzene rings is 8. The molecule has 3 heteroatoms. The van der Waals surface area contributed by atoms with Gasteiger partial charge in [-0.15, -0.1) is 11.3 Å². The van der Waals surface area contributed by atoms with Crippen LogP contribution in [0.4, 0.5) is 17.1 Å². The summed E-state index contributed by atoms with van der Waals surface area (Å²) in [7, 11) is 0. The van der Waals surface area contributed by atoms with Gasteiger partial charge in [-0.3, -0.25) is 0 Å². The number of anilines is 3. The van der Waals surface area contributed by atoms with Crippen molar-refractivity contribution in [3.05, 3.63) is 176 Å². The molecule has 0 saturated heterocycles. The zero-order valence-corrected chi connectivity index (χ0v) is 27.3. The van der Waals surface area contributed by atoms with E-state index in [0.29, 0.717) is 0 Å². The molecule has 10 rings (SSSR count). The second kappa shape index (κ2) is 11.2. The maximum atomic E-state index is 6.35. The third kappa shape index (κ3) is 4.62. The number of fused-ring (bicyclic) bond motifs is 7. The monoisotopic (exact) mass is 643 g/mol. The van der Waals surface area contributed by atoms with Gasteiger partial charge in [-0.05, 0) is 87.6 Å². The summed E-state index contributed by atoms with van der Waals surface area (Å²) in [6, 6.07) is 63.3. The molecule has 0 amide bonds. The van der Waals surface area contributed by atoms with Crippen molar-refractivity contribution in [2.24, 2.45) is 0 Å². The first-order valence-corrected chi connectivity index (χ1v) is 17.4. The first-order chi connectivity index (χ1) is 24.3. The molecule has 0 atom stereocenters. The molecular formula is C46H29NOS. The minimum atomic E-state index is 0.883. The van der Waals surface area contributed by atoms with E-state index in [9.17, 15) is 0 Å². The van der Waals surface area contributed by atoms with Crippen LogP contribution in [0.2, 0.25) is 0 Å². The van der Waals surface area contributed by atoms with E-state index < -0.39 is 0 Å². The number of para-hydroxylation sites is 1. The maximum Gasteiger partial charge on any atom is 0.137 e. The lowest BCUT2D eigenvalue weighted by molar-refractivity contribution is 0.669. The number of hydrogen-bond acceptors (Lipinski definition) is 3. The molecule has 2 heterocycles. The van der Waals surface area contributed by atoms with E-state index in [-0.39, 0.29) is 0 Å². The van der Waals surface area contributed by atoms with Crippen LogP contribution >= 0.6 is 11.3 Å². The van der Waals surface area contributed by atoms with Crippen LogP contribution < -0.4 is 4.90 Å². The third-order valence-electron chi connectivity index (χ3n) is 9.66. The summed E-state index contributed by atoms with van der Waals surface area (Å²) in [6.07, 6.45) is 0. The fraction of sp³-hybridized carbons (Fsp3) is 0. The van der Waals surface area contributed by atoms with Crippen LogP contribution in [-0.2, 0) is 0 Å². The van der Waals surface area contributed by atoms with Gasteiger partial charge in [0.15, 0.2) is 0 Å². The molecule has 10 aromatic rings. The molecule has 0 aliphatic heterocycles. The predicted molar refractivity (Wildman–Crippen MR) is 210 cm³/mol. The van der Waals surface area contributed by atoms with Crippen LogP contribution in [0.5, 0.6) is 0 Å². The molecule has 0 saturated carbocycles. The first-order valence-electron chi connectivity index (χ1n) is 16.6. The van der Waals surface area contributed by atoms with E-state index in [4.69, 9.17) is 4.42 Å². The Morgan fingerprint density at radius 2 is 1.08 bits per heavy atom. The molecule has 8 aromatic carbocycles. The van der Waals surface area contributed by atoms with Gasteiger partial charge in [0.25, 0.3) is 0 Å². The van der Waals surface area contributed by atoms with Crippen LogP contribution in [0.1, 0.15) is 0 Å². The summed E-state index contributed by atoms with van der Waals surface area (Å²) in [6.45, 7) is 0. The molecule has 49 heavy (non-hydrogen) atoms. The van der Waals surface area contributed by atoms with Gasteiger partial charge < -0.3 is 9.32 Å². The average molecular weight is 644 g/mol. The molecule has 2 nitrogen and oxygen atoms in total. The Hall–Kier alpha value is -6.16. The van der Waals surface area contributed by atoms with Crippen LogP contribution in [0.3, 0.4) is 0 Å². The molecule has 0 aliphatic rings. The van der Waals surface area contributed by atoms with Crippen LogP contribution in [-0.4, -0.2) is 0 Å². The average Bonchev–Trinajstić information content (AvgIpc) is 3.74. The molecule has 0 aliphatic carbocycles. The first kappa shape index (κ1) is 27.9. The van der Waals surface area contributed by atoms with Crippen LogP contribution in [0.15, 0.2) is 180 Å². The molecular weight excluding hydrogens is 615 g/mol. The fourth-order valence-electron chi connectivity index (χ4n) is 7.37. The number of nitrogens with zero attached hydrogens (tertiary/aromatic N) is 1. The Labute approximate surface area is 287 Å². The molecule has 0 unspecified atom stereocenters. The van der Waals surface area contributed by atoms with E-state index in [1.807, 2.05) is 23.5 Å². The normalized spacial score (nSPS) is 11.7. The van der Waals surface area contributed by atoms with Crippen LogP contribution in [0, 0.1) is 0 Å². The Balaban J connectivity index is 1.12. The minimum absolute atomic E-state index is 0.883. The highest BCUT2D eigenvalue weighted by Crippen LogP contribution is 2.45. The number of furan rings is 1. The van der Waals surface area contributed by atoms with Gasteiger partial charge in [0.1, 0.15) is 11.2 Å². The molecule has 0 N–H and O–H groups in total. The van der Waals surface area contributed by atoms with E-state index in [0.717, 1.165) is 39.0 Å². The molecule has 0 fully saturated rings. The fourth-order valence-corrected chi connectivity index (χ4v) is 8.51. The number of rotatable bonds is 5. The number of thiophene rings is 1. The largest absolute Gasteiger partial charge is 0.456 e. The highest BCUT2D eigenvalue weighted by molar-refractivity contribution is 7.25. The van der Waals surface area contributed by atoms with Crippen molar-refractivity contribution in [1.82, 2.24) is 0 Å². The summed E-state index contributed by atoms with van der Waals surface area (Å²) in [4.78, 5) is 2.38. The lowest BCUT2D eigenvalue weighted by Gasteiger charge is -2.26. The van der Waals surface area contributed by atoms with E-state index in [2.05, 4.69) is 169 Å². The van der Waals surface area contributed by atoms with E-state index in [1.165, 1.54) is 53.2 Å². The quantitative estimate of drug-likeness (QED) is 0.186. The van der Waals surface area contributed by atoms with Crippen molar-refractivity contribution in [3.63, 3.8) is 0 Å². The second-order valence-electron chi connectivity index (χ2n) is 12.5. The van der Waals surface area contributed by atoms with Gasteiger partial charge >= 0.3 is 0 Å². The maximum absolute atomic E-state index is 6.35. The molecule has 2 aromatic heterocycles. The zero-order chi connectivity index (χ0) is 32.3. The zero-order valence-electron chi connectivity index (χ0n) is 26.5. The van der Waals surface area contributed by atoms with Gasteiger partial charge in [-0.1, -0.05) is 121 Å². The summed E-state index contributed by atoms with van der Waals surface area (Å²) < 4.78 is 8.93. The van der Waals surface area contributed by atoms with Crippen molar-refractivity contribution >= 4 is 81.3 Å². The van der Waals surface area contributed by atoms with Crippen LogP contribution in [0.25, 0.3) is 75.1 Å². The van der Waals surface area contributed by atoms with Gasteiger partial charge in [-0.25, -0.2) is 0 Å². The third-order valence-corrected chi connectivity index (χ3v) is 10.8. The van der Waals surface area contributed by atoms with Gasteiger partial charge in [0.2, 0.25) is 0 Å². The summed E-state index contributed by atoms with van der Waals surface area (Å²) in [5, 5.41) is 7.34. The standard InChI is InChI=1S/C46H29NOS/c1-2-14-36-31(10-1)11-8-17-37(36)33-13-7-12-32(28-33)30-22-24-34(25-23-30)47(35-26-27-39-38-15-4-6-21-44(38)49-45(39)29-35)41-18-9-20-43-46(41)40-16-3-5-19-42(40)48-43/h1-29H. The lowest BCUT2D eigenvalue weighted by Crippen LogP contribution is -2.10. The predicted octanol–water partition coefficient (Wildman–Crippen LogP) is 13.9. The van der Waals surface area contributed by atoms with Crippen molar-refractivity contribution in [3.8, 4) is 22.3 Å².